The summed E-state index contributed by atoms with van der Waals surface area (Å²) in [7, 11) is 0. The number of carbonyl (C=O) groups excluding carboxylic acids is 1. The first kappa shape index (κ1) is 13.7. The average Bonchev–Trinajstić information content (AvgIpc) is 2.34. The summed E-state index contributed by atoms with van der Waals surface area (Å²) in [4.78, 5) is 10.8. The molecule has 1 unspecified atom stereocenters. The second-order valence-electron chi connectivity index (χ2n) is 3.87. The number of fused-ring (bicyclic) bond motifs is 1. The Morgan fingerprint density at radius 2 is 1.74 bits per heavy atom. The number of hydrogen-bond donors (Lipinski definition) is 1. The number of carbonyl (C=O) groups is 1. The van der Waals surface area contributed by atoms with E-state index in [4.69, 9.17) is 0 Å². The normalized spacial score (nSPS) is 13.3. The summed E-state index contributed by atoms with van der Waals surface area (Å²) >= 11 is 3.25. The number of benzene rings is 2. The van der Waals surface area contributed by atoms with Gasteiger partial charge in [0.2, 0.25) is 6.10 Å². The molecule has 0 fully saturated rings. The van der Waals surface area contributed by atoms with E-state index in [0.29, 0.717) is 10.8 Å². The maximum absolute atomic E-state index is 13.0. The van der Waals surface area contributed by atoms with Gasteiger partial charge in [0.15, 0.2) is 0 Å². The molecule has 0 saturated heterocycles. The Labute approximate surface area is 112 Å². The maximum atomic E-state index is 13.0. The van der Waals surface area contributed by atoms with Crippen LogP contribution in [0.1, 0.15) is 11.7 Å². The highest BCUT2D eigenvalue weighted by molar-refractivity contribution is 7.96. The number of thiol groups is 1. The Morgan fingerprint density at radius 1 is 1.11 bits per heavy atom. The lowest BCUT2D eigenvalue weighted by Crippen LogP contribution is -2.24. The van der Waals surface area contributed by atoms with Gasteiger partial charge in [-0.05, 0) is 10.8 Å². The minimum absolute atomic E-state index is 0.104. The van der Waals surface area contributed by atoms with Crippen molar-refractivity contribution >= 4 is 28.7 Å². The zero-order valence-corrected chi connectivity index (χ0v) is 10.4. The van der Waals surface area contributed by atoms with Crippen LogP contribution in [0.2, 0.25) is 0 Å². The fourth-order valence-electron chi connectivity index (χ4n) is 1.89. The van der Waals surface area contributed by atoms with Gasteiger partial charge in [0.05, 0.1) is 0 Å². The van der Waals surface area contributed by atoms with Gasteiger partial charge < -0.3 is 4.74 Å². The quantitative estimate of drug-likeness (QED) is 0.649. The molecule has 2 aromatic carbocycles. The number of ether oxygens (including phenoxy) is 1. The molecule has 100 valence electrons. The second kappa shape index (κ2) is 5.13. The van der Waals surface area contributed by atoms with E-state index >= 15 is 0 Å². The molecule has 0 aliphatic heterocycles. The smallest absolute Gasteiger partial charge is 0.429 e. The Morgan fingerprint density at radius 3 is 2.37 bits per heavy atom. The van der Waals surface area contributed by atoms with Crippen molar-refractivity contribution in [1.29, 1.82) is 0 Å². The minimum Gasteiger partial charge on any atom is -0.440 e. The van der Waals surface area contributed by atoms with Crippen molar-refractivity contribution in [3.63, 3.8) is 0 Å². The monoisotopic (exact) mass is 286 g/mol. The highest BCUT2D eigenvalue weighted by atomic mass is 32.1. The van der Waals surface area contributed by atoms with Gasteiger partial charge >= 0.3 is 11.5 Å². The van der Waals surface area contributed by atoms with Crippen LogP contribution in [0.5, 0.6) is 0 Å². The Hall–Kier alpha value is -1.69. The summed E-state index contributed by atoms with van der Waals surface area (Å²) in [6.45, 7) is 0. The van der Waals surface area contributed by atoms with Crippen molar-refractivity contribution in [1.82, 2.24) is 0 Å². The summed E-state index contributed by atoms with van der Waals surface area (Å²) < 4.78 is 43.3. The summed E-state index contributed by atoms with van der Waals surface area (Å²) in [5.74, 6) is 0. The lowest BCUT2D eigenvalue weighted by Gasteiger charge is -2.21. The standard InChI is InChI=1S/C13H9F3O2S/c14-13(15,16)11(18-12(17)19)10-7-3-5-8-4-1-2-6-9(8)10/h1-7,11H,(H,17,19). The summed E-state index contributed by atoms with van der Waals surface area (Å²) in [5.41, 5.74) is -0.104. The van der Waals surface area contributed by atoms with E-state index in [2.05, 4.69) is 17.4 Å². The van der Waals surface area contributed by atoms with E-state index in [1.54, 1.807) is 30.3 Å². The number of halogens is 3. The fraction of sp³-hybridized carbons (Fsp3) is 0.154. The molecule has 2 nitrogen and oxygen atoms in total. The molecule has 19 heavy (non-hydrogen) atoms. The molecular formula is C13H9F3O2S. The molecule has 0 heterocycles. The lowest BCUT2D eigenvalue weighted by molar-refractivity contribution is -0.203. The molecule has 0 N–H and O–H groups in total. The Balaban J connectivity index is 2.59. The Kier molecular flexibility index (Phi) is 3.71. The molecule has 2 rings (SSSR count). The van der Waals surface area contributed by atoms with Gasteiger partial charge in [0.25, 0.3) is 0 Å². The molecule has 6 heteroatoms. The van der Waals surface area contributed by atoms with Crippen LogP contribution in [-0.2, 0) is 4.74 Å². The van der Waals surface area contributed by atoms with Crippen molar-refractivity contribution in [2.45, 2.75) is 12.3 Å². The van der Waals surface area contributed by atoms with E-state index in [0.717, 1.165) is 0 Å². The van der Waals surface area contributed by atoms with E-state index in [1.165, 1.54) is 12.1 Å². The van der Waals surface area contributed by atoms with Gasteiger partial charge in [-0.25, -0.2) is 4.79 Å². The third-order valence-corrected chi connectivity index (χ3v) is 2.73. The van der Waals surface area contributed by atoms with Crippen LogP contribution in [0.3, 0.4) is 0 Å². The molecule has 0 aliphatic rings. The molecule has 1 atom stereocenters. The fourth-order valence-corrected chi connectivity index (χ4v) is 1.99. The predicted molar refractivity (Wildman–Crippen MR) is 68.2 cm³/mol. The van der Waals surface area contributed by atoms with Crippen LogP contribution in [0.25, 0.3) is 10.8 Å². The van der Waals surface area contributed by atoms with Crippen LogP contribution in [0, 0.1) is 0 Å². The van der Waals surface area contributed by atoms with Crippen LogP contribution >= 0.6 is 12.6 Å². The first-order valence-corrected chi connectivity index (χ1v) is 5.78. The summed E-state index contributed by atoms with van der Waals surface area (Å²) in [6.07, 6.45) is -7.01. The van der Waals surface area contributed by atoms with E-state index in [1.807, 2.05) is 0 Å². The lowest BCUT2D eigenvalue weighted by atomic mass is 10.00. The minimum atomic E-state index is -4.69. The topological polar surface area (TPSA) is 26.3 Å². The van der Waals surface area contributed by atoms with Gasteiger partial charge in [-0.3, -0.25) is 0 Å². The SMILES string of the molecule is O=C(S)OC(c1cccc2ccccc12)C(F)(F)F. The molecule has 0 saturated carbocycles. The van der Waals surface area contributed by atoms with Gasteiger partial charge in [-0.2, -0.15) is 13.2 Å². The van der Waals surface area contributed by atoms with Crippen LogP contribution in [-0.4, -0.2) is 11.5 Å². The highest BCUT2D eigenvalue weighted by Gasteiger charge is 2.44. The highest BCUT2D eigenvalue weighted by Crippen LogP contribution is 2.39. The van der Waals surface area contributed by atoms with Crippen LogP contribution in [0.15, 0.2) is 42.5 Å². The molecule has 0 spiro atoms. The van der Waals surface area contributed by atoms with Crippen LogP contribution in [0.4, 0.5) is 18.0 Å². The number of hydrogen-bond acceptors (Lipinski definition) is 2. The van der Waals surface area contributed by atoms with E-state index in [9.17, 15) is 18.0 Å². The number of rotatable bonds is 2. The van der Waals surface area contributed by atoms with E-state index in [-0.39, 0.29) is 5.56 Å². The third-order valence-electron chi connectivity index (χ3n) is 2.62. The van der Waals surface area contributed by atoms with Gasteiger partial charge in [0.1, 0.15) is 0 Å². The van der Waals surface area contributed by atoms with Gasteiger partial charge in [-0.1, -0.05) is 55.1 Å². The molecule has 0 aliphatic carbocycles. The van der Waals surface area contributed by atoms with Gasteiger partial charge in [-0.15, -0.1) is 0 Å². The average molecular weight is 286 g/mol. The Bertz CT molecular complexity index is 605. The zero-order chi connectivity index (χ0) is 14.0. The first-order valence-electron chi connectivity index (χ1n) is 5.33. The van der Waals surface area contributed by atoms with Crippen molar-refractivity contribution in [3.8, 4) is 0 Å². The van der Waals surface area contributed by atoms with Crippen molar-refractivity contribution in [2.75, 3.05) is 0 Å². The number of alkyl halides is 3. The second-order valence-corrected chi connectivity index (χ2v) is 4.24. The largest absolute Gasteiger partial charge is 0.440 e. The van der Waals surface area contributed by atoms with E-state index < -0.39 is 17.6 Å². The molecule has 0 amide bonds. The summed E-state index contributed by atoms with van der Waals surface area (Å²) in [5, 5.41) is -0.235. The maximum Gasteiger partial charge on any atom is 0.429 e. The molecule has 0 radical (unpaired) electrons. The summed E-state index contributed by atoms with van der Waals surface area (Å²) in [6, 6.07) is 11.1. The molecule has 0 bridgehead atoms. The van der Waals surface area contributed by atoms with Crippen molar-refractivity contribution in [3.05, 3.63) is 48.0 Å². The predicted octanol–water partition coefficient (Wildman–Crippen LogP) is 4.51. The zero-order valence-electron chi connectivity index (χ0n) is 9.52. The first-order chi connectivity index (χ1) is 8.89. The van der Waals surface area contributed by atoms with Gasteiger partial charge in [0, 0.05) is 5.56 Å². The van der Waals surface area contributed by atoms with Crippen LogP contribution < -0.4 is 0 Å². The van der Waals surface area contributed by atoms with Crippen molar-refractivity contribution < 1.29 is 22.7 Å². The third kappa shape index (κ3) is 3.01. The molecule has 0 aromatic heterocycles. The molecular weight excluding hydrogens is 277 g/mol. The van der Waals surface area contributed by atoms with Crippen molar-refractivity contribution in [2.24, 2.45) is 0 Å². The molecule has 2 aromatic rings.